The van der Waals surface area contributed by atoms with Crippen LogP contribution in [0.3, 0.4) is 0 Å². The lowest BCUT2D eigenvalue weighted by molar-refractivity contribution is 0.217. The number of fused-ring (bicyclic) bond motifs is 6. The number of anilines is 1. The number of aromatic nitrogens is 1. The Bertz CT molecular complexity index is 377. The van der Waals surface area contributed by atoms with Gasteiger partial charge in [-0.3, -0.25) is 4.98 Å². The minimum absolute atomic E-state index is 0.733. The summed E-state index contributed by atoms with van der Waals surface area (Å²) in [5.74, 6) is 0. The maximum absolute atomic E-state index is 4.46. The van der Waals surface area contributed by atoms with Crippen molar-refractivity contribution >= 4 is 5.69 Å². The van der Waals surface area contributed by atoms with Crippen LogP contribution in [0.2, 0.25) is 0 Å². The Labute approximate surface area is 110 Å². The predicted molar refractivity (Wildman–Crippen MR) is 75.0 cm³/mol. The van der Waals surface area contributed by atoms with Gasteiger partial charge in [0.25, 0.3) is 0 Å². The van der Waals surface area contributed by atoms with E-state index < -0.39 is 0 Å². The summed E-state index contributed by atoms with van der Waals surface area (Å²) >= 11 is 0. The fourth-order valence-electron chi connectivity index (χ4n) is 3.29. The molecular formula is C15H23N3. The number of hydrogen-bond donors (Lipinski definition) is 0. The van der Waals surface area contributed by atoms with Crippen molar-refractivity contribution in [2.75, 3.05) is 31.1 Å². The van der Waals surface area contributed by atoms with Gasteiger partial charge in [0.05, 0.1) is 11.9 Å². The number of nitrogens with zero attached hydrogens (tertiary/aromatic N) is 3. The van der Waals surface area contributed by atoms with Gasteiger partial charge in [0.15, 0.2) is 0 Å². The Kier molecular flexibility index (Phi) is 3.50. The molecule has 0 atom stereocenters. The Balaban J connectivity index is 1.83. The van der Waals surface area contributed by atoms with Crippen molar-refractivity contribution in [1.29, 1.82) is 0 Å². The second-order valence-electron chi connectivity index (χ2n) is 5.63. The molecule has 2 bridgehead atoms. The van der Waals surface area contributed by atoms with Gasteiger partial charge in [-0.25, -0.2) is 0 Å². The lowest BCUT2D eigenvalue weighted by atomic mass is 9.98. The minimum atomic E-state index is 0.733. The third-order valence-electron chi connectivity index (χ3n) is 4.35. The van der Waals surface area contributed by atoms with E-state index in [0.29, 0.717) is 0 Å². The van der Waals surface area contributed by atoms with E-state index in [1.165, 1.54) is 51.0 Å². The number of pyridine rings is 1. The molecule has 0 radical (unpaired) electrons. The first-order valence-corrected chi connectivity index (χ1v) is 7.24. The van der Waals surface area contributed by atoms with Crippen LogP contribution in [0.15, 0.2) is 18.3 Å². The van der Waals surface area contributed by atoms with Crippen molar-refractivity contribution in [3.05, 3.63) is 24.0 Å². The molecule has 1 aromatic heterocycles. The van der Waals surface area contributed by atoms with Crippen molar-refractivity contribution in [1.82, 2.24) is 9.88 Å². The molecule has 0 aromatic carbocycles. The van der Waals surface area contributed by atoms with E-state index in [9.17, 15) is 0 Å². The van der Waals surface area contributed by atoms with E-state index in [2.05, 4.69) is 40.0 Å². The quantitative estimate of drug-likeness (QED) is 0.757. The molecule has 0 amide bonds. The van der Waals surface area contributed by atoms with Crippen LogP contribution in [-0.4, -0.2) is 42.1 Å². The number of aryl methyl sites for hydroxylation is 1. The fraction of sp³-hybridized carbons (Fsp3) is 0.667. The van der Waals surface area contributed by atoms with E-state index in [4.69, 9.17) is 0 Å². The number of rotatable bonds is 1. The van der Waals surface area contributed by atoms with Crippen molar-refractivity contribution in [3.8, 4) is 0 Å². The second-order valence-corrected chi connectivity index (χ2v) is 5.63. The molecule has 0 spiro atoms. The molecule has 3 heteroatoms. The molecule has 0 saturated carbocycles. The summed E-state index contributed by atoms with van der Waals surface area (Å²) in [5, 5.41) is 0. The Morgan fingerprint density at radius 2 is 1.83 bits per heavy atom. The van der Waals surface area contributed by atoms with E-state index in [1.807, 2.05) is 0 Å². The van der Waals surface area contributed by atoms with Gasteiger partial charge in [-0.2, -0.15) is 0 Å². The lowest BCUT2D eigenvalue weighted by Crippen LogP contribution is -2.47. The molecule has 0 aliphatic carbocycles. The first-order chi connectivity index (χ1) is 8.83. The minimum Gasteiger partial charge on any atom is -0.366 e. The largest absolute Gasteiger partial charge is 0.366 e. The summed E-state index contributed by atoms with van der Waals surface area (Å²) in [5.41, 5.74) is 2.42. The van der Waals surface area contributed by atoms with E-state index in [1.54, 1.807) is 0 Å². The van der Waals surface area contributed by atoms with Gasteiger partial charge >= 0.3 is 0 Å². The van der Waals surface area contributed by atoms with Gasteiger partial charge in [0.2, 0.25) is 0 Å². The zero-order valence-corrected chi connectivity index (χ0v) is 11.3. The van der Waals surface area contributed by atoms with Crippen molar-refractivity contribution in [2.24, 2.45) is 0 Å². The SMILES string of the molecule is Cc1ccc(N2CCN3CCCC2CCC3)cn1. The molecule has 3 fully saturated rings. The Hall–Kier alpha value is -1.09. The van der Waals surface area contributed by atoms with Gasteiger partial charge < -0.3 is 9.80 Å². The highest BCUT2D eigenvalue weighted by atomic mass is 15.2. The highest BCUT2D eigenvalue weighted by Gasteiger charge is 2.25. The number of hydrogen-bond acceptors (Lipinski definition) is 3. The summed E-state index contributed by atoms with van der Waals surface area (Å²) < 4.78 is 0. The average Bonchev–Trinajstić information content (AvgIpc) is 2.29. The van der Waals surface area contributed by atoms with Crippen LogP contribution in [0.25, 0.3) is 0 Å². The van der Waals surface area contributed by atoms with E-state index >= 15 is 0 Å². The third kappa shape index (κ3) is 2.51. The second kappa shape index (κ2) is 5.27. The first kappa shape index (κ1) is 12.0. The highest BCUT2D eigenvalue weighted by molar-refractivity contribution is 5.46. The summed E-state index contributed by atoms with van der Waals surface area (Å²) in [6, 6.07) is 5.11. The van der Waals surface area contributed by atoms with Gasteiger partial charge in [-0.15, -0.1) is 0 Å². The van der Waals surface area contributed by atoms with Crippen LogP contribution in [0, 0.1) is 6.92 Å². The zero-order valence-electron chi connectivity index (χ0n) is 11.3. The smallest absolute Gasteiger partial charge is 0.0555 e. The van der Waals surface area contributed by atoms with Crippen molar-refractivity contribution < 1.29 is 0 Å². The molecule has 4 rings (SSSR count). The molecule has 1 aromatic rings. The summed E-state index contributed by atoms with van der Waals surface area (Å²) in [6.45, 7) is 7.03. The van der Waals surface area contributed by atoms with Crippen molar-refractivity contribution in [2.45, 2.75) is 38.6 Å². The maximum atomic E-state index is 4.46. The molecule has 3 nitrogen and oxygen atoms in total. The third-order valence-corrected chi connectivity index (χ3v) is 4.35. The molecule has 4 heterocycles. The van der Waals surface area contributed by atoms with Crippen LogP contribution in [0.1, 0.15) is 31.4 Å². The summed E-state index contributed by atoms with van der Waals surface area (Å²) in [6.07, 6.45) is 7.42. The lowest BCUT2D eigenvalue weighted by Gasteiger charge is -2.41. The van der Waals surface area contributed by atoms with Crippen LogP contribution in [0.5, 0.6) is 0 Å². The van der Waals surface area contributed by atoms with Crippen LogP contribution in [0.4, 0.5) is 5.69 Å². The molecule has 0 N–H and O–H groups in total. The molecule has 3 saturated heterocycles. The maximum Gasteiger partial charge on any atom is 0.0555 e. The van der Waals surface area contributed by atoms with Crippen LogP contribution < -0.4 is 4.90 Å². The van der Waals surface area contributed by atoms with Gasteiger partial charge in [0.1, 0.15) is 0 Å². The van der Waals surface area contributed by atoms with Crippen LogP contribution >= 0.6 is 0 Å². The molecule has 3 aliphatic heterocycles. The predicted octanol–water partition coefficient (Wildman–Crippen LogP) is 2.45. The first-order valence-electron chi connectivity index (χ1n) is 7.24. The Morgan fingerprint density at radius 1 is 1.06 bits per heavy atom. The van der Waals surface area contributed by atoms with Crippen LogP contribution in [-0.2, 0) is 0 Å². The molecule has 98 valence electrons. The summed E-state index contributed by atoms with van der Waals surface area (Å²) in [4.78, 5) is 9.68. The average molecular weight is 245 g/mol. The normalized spacial score (nSPS) is 28.6. The fourth-order valence-corrected chi connectivity index (χ4v) is 3.29. The van der Waals surface area contributed by atoms with Gasteiger partial charge in [-0.05, 0) is 57.8 Å². The van der Waals surface area contributed by atoms with Gasteiger partial charge in [0, 0.05) is 24.8 Å². The Morgan fingerprint density at radius 3 is 2.50 bits per heavy atom. The highest BCUT2D eigenvalue weighted by Crippen LogP contribution is 2.25. The molecular weight excluding hydrogens is 222 g/mol. The molecule has 18 heavy (non-hydrogen) atoms. The van der Waals surface area contributed by atoms with E-state index in [-0.39, 0.29) is 0 Å². The zero-order chi connectivity index (χ0) is 12.4. The van der Waals surface area contributed by atoms with Gasteiger partial charge in [-0.1, -0.05) is 0 Å². The molecule has 3 aliphatic rings. The standard InChI is InChI=1S/C15H23N3/c1-13-6-7-15(12-16-13)18-11-10-17-8-2-4-14(18)5-3-9-17/h6-7,12,14H,2-5,8-11H2,1H3. The summed E-state index contributed by atoms with van der Waals surface area (Å²) in [7, 11) is 0. The van der Waals surface area contributed by atoms with Crippen molar-refractivity contribution in [3.63, 3.8) is 0 Å². The molecule has 0 unspecified atom stereocenters. The van der Waals surface area contributed by atoms with E-state index in [0.717, 1.165) is 18.3 Å². The topological polar surface area (TPSA) is 19.4 Å². The monoisotopic (exact) mass is 245 g/mol.